The molecule has 0 aromatic rings. The summed E-state index contributed by atoms with van der Waals surface area (Å²) in [6.45, 7) is 0.759. The Balaban J connectivity index is 1.50. The van der Waals surface area contributed by atoms with E-state index in [-0.39, 0.29) is 24.0 Å². The van der Waals surface area contributed by atoms with E-state index in [1.54, 1.807) is 0 Å². The van der Waals surface area contributed by atoms with Crippen LogP contribution in [0.5, 0.6) is 0 Å². The van der Waals surface area contributed by atoms with Crippen molar-refractivity contribution in [1.29, 1.82) is 0 Å². The van der Waals surface area contributed by atoms with E-state index in [1.165, 1.54) is 25.7 Å². The molecule has 1 spiro atoms. The van der Waals surface area contributed by atoms with Gasteiger partial charge in [0.25, 0.3) is 0 Å². The van der Waals surface area contributed by atoms with Crippen LogP contribution in [-0.4, -0.2) is 34.9 Å². The van der Waals surface area contributed by atoms with E-state index in [2.05, 4.69) is 5.32 Å². The summed E-state index contributed by atoms with van der Waals surface area (Å²) in [5, 5.41) is 13.7. The summed E-state index contributed by atoms with van der Waals surface area (Å²) in [4.78, 5) is 12.3. The summed E-state index contributed by atoms with van der Waals surface area (Å²) in [5.74, 6) is 0.0299. The highest BCUT2D eigenvalue weighted by atomic mass is 16.5. The molecule has 0 bridgehead atoms. The van der Waals surface area contributed by atoms with E-state index in [4.69, 9.17) is 4.74 Å². The Hall–Kier alpha value is -0.610. The number of ether oxygens (including phenoxy) is 1. The second kappa shape index (κ2) is 6.88. The zero-order valence-electron chi connectivity index (χ0n) is 13.7. The van der Waals surface area contributed by atoms with Gasteiger partial charge in [-0.2, -0.15) is 0 Å². The largest absolute Gasteiger partial charge is 0.389 e. The highest BCUT2D eigenvalue weighted by molar-refractivity contribution is 5.77. The maximum absolute atomic E-state index is 12.3. The molecule has 3 aliphatic rings. The van der Waals surface area contributed by atoms with E-state index in [0.717, 1.165) is 58.0 Å². The third kappa shape index (κ3) is 4.02. The SMILES string of the molecule is O=C(CC1(O)CCCCC1)NC1CCOC2(CCCCC2)C1. The van der Waals surface area contributed by atoms with Crippen molar-refractivity contribution in [2.45, 2.75) is 101 Å². The van der Waals surface area contributed by atoms with Crippen molar-refractivity contribution >= 4 is 5.91 Å². The molecule has 126 valence electrons. The van der Waals surface area contributed by atoms with Crippen molar-refractivity contribution < 1.29 is 14.6 Å². The van der Waals surface area contributed by atoms with Crippen molar-refractivity contribution in [3.8, 4) is 0 Å². The van der Waals surface area contributed by atoms with Gasteiger partial charge in [0.05, 0.1) is 17.6 Å². The van der Waals surface area contributed by atoms with E-state index in [1.807, 2.05) is 0 Å². The van der Waals surface area contributed by atoms with Gasteiger partial charge >= 0.3 is 0 Å². The van der Waals surface area contributed by atoms with Crippen molar-refractivity contribution in [3.63, 3.8) is 0 Å². The Morgan fingerprint density at radius 1 is 1.05 bits per heavy atom. The van der Waals surface area contributed by atoms with Gasteiger partial charge in [0.2, 0.25) is 5.91 Å². The number of hydrogen-bond acceptors (Lipinski definition) is 3. The lowest BCUT2D eigenvalue weighted by molar-refractivity contribution is -0.133. The molecule has 2 saturated carbocycles. The standard InChI is InChI=1S/C18H31NO3/c20-16(14-17(21)8-3-1-4-9-17)19-15-7-12-22-18(13-15)10-5-2-6-11-18/h15,21H,1-14H2,(H,19,20). The second-order valence-electron chi connectivity index (χ2n) is 7.81. The van der Waals surface area contributed by atoms with Crippen LogP contribution in [0.1, 0.15) is 83.5 Å². The van der Waals surface area contributed by atoms with Gasteiger partial charge in [-0.25, -0.2) is 0 Å². The van der Waals surface area contributed by atoms with Gasteiger partial charge < -0.3 is 15.2 Å². The highest BCUT2D eigenvalue weighted by Gasteiger charge is 2.39. The molecular weight excluding hydrogens is 278 g/mol. The van der Waals surface area contributed by atoms with Gasteiger partial charge in [0.15, 0.2) is 0 Å². The molecule has 3 rings (SSSR count). The first kappa shape index (κ1) is 16.3. The zero-order chi connectivity index (χ0) is 15.5. The minimum atomic E-state index is -0.754. The third-order valence-corrected chi connectivity index (χ3v) is 5.90. The van der Waals surface area contributed by atoms with Crippen LogP contribution in [0.2, 0.25) is 0 Å². The molecule has 0 aromatic heterocycles. The summed E-state index contributed by atoms with van der Waals surface area (Å²) in [6, 6.07) is 0.228. The maximum atomic E-state index is 12.3. The van der Waals surface area contributed by atoms with Gasteiger partial charge in [0.1, 0.15) is 0 Å². The summed E-state index contributed by atoms with van der Waals surface area (Å²) in [5.41, 5.74) is -0.730. The van der Waals surface area contributed by atoms with E-state index in [9.17, 15) is 9.90 Å². The molecule has 1 unspecified atom stereocenters. The average molecular weight is 309 g/mol. The Labute approximate surface area is 134 Å². The minimum absolute atomic E-state index is 0.0240. The number of rotatable bonds is 3. The predicted octanol–water partition coefficient (Wildman–Crippen LogP) is 3.07. The molecule has 2 N–H and O–H groups in total. The molecule has 22 heavy (non-hydrogen) atoms. The molecule has 1 aliphatic heterocycles. The van der Waals surface area contributed by atoms with Gasteiger partial charge in [-0.15, -0.1) is 0 Å². The van der Waals surface area contributed by atoms with Crippen LogP contribution in [-0.2, 0) is 9.53 Å². The van der Waals surface area contributed by atoms with Crippen LogP contribution in [0.4, 0.5) is 0 Å². The summed E-state index contributed by atoms with van der Waals surface area (Å²) in [7, 11) is 0. The van der Waals surface area contributed by atoms with Crippen LogP contribution in [0, 0.1) is 0 Å². The fraction of sp³-hybridized carbons (Fsp3) is 0.944. The molecule has 4 nitrogen and oxygen atoms in total. The lowest BCUT2D eigenvalue weighted by atomic mass is 9.78. The smallest absolute Gasteiger partial charge is 0.223 e. The molecule has 2 aliphatic carbocycles. The van der Waals surface area contributed by atoms with Crippen molar-refractivity contribution in [2.24, 2.45) is 0 Å². The monoisotopic (exact) mass is 309 g/mol. The number of aliphatic hydroxyl groups is 1. The number of amides is 1. The Morgan fingerprint density at radius 2 is 1.68 bits per heavy atom. The average Bonchev–Trinajstić information content (AvgIpc) is 2.48. The fourth-order valence-corrected chi connectivity index (χ4v) is 4.66. The van der Waals surface area contributed by atoms with Gasteiger partial charge in [-0.1, -0.05) is 38.5 Å². The van der Waals surface area contributed by atoms with Gasteiger partial charge in [-0.3, -0.25) is 4.79 Å². The van der Waals surface area contributed by atoms with Crippen LogP contribution in [0.15, 0.2) is 0 Å². The molecule has 1 atom stereocenters. The summed E-state index contributed by atoms with van der Waals surface area (Å²) < 4.78 is 6.09. The van der Waals surface area contributed by atoms with Gasteiger partial charge in [-0.05, 0) is 38.5 Å². The van der Waals surface area contributed by atoms with Crippen LogP contribution in [0.25, 0.3) is 0 Å². The number of hydrogen-bond donors (Lipinski definition) is 2. The summed E-state index contributed by atoms with van der Waals surface area (Å²) >= 11 is 0. The van der Waals surface area contributed by atoms with E-state index < -0.39 is 5.60 Å². The molecule has 1 heterocycles. The van der Waals surface area contributed by atoms with Crippen molar-refractivity contribution in [3.05, 3.63) is 0 Å². The number of carbonyl (C=O) groups is 1. The first-order chi connectivity index (χ1) is 10.6. The molecule has 1 saturated heterocycles. The first-order valence-corrected chi connectivity index (χ1v) is 9.25. The zero-order valence-corrected chi connectivity index (χ0v) is 13.7. The van der Waals surface area contributed by atoms with E-state index >= 15 is 0 Å². The lowest BCUT2D eigenvalue weighted by Crippen LogP contribution is -2.50. The number of carbonyl (C=O) groups excluding carboxylic acids is 1. The van der Waals surface area contributed by atoms with Crippen LogP contribution < -0.4 is 5.32 Å². The molecule has 4 heteroatoms. The molecule has 1 amide bonds. The Kier molecular flexibility index (Phi) is 5.08. The predicted molar refractivity (Wildman–Crippen MR) is 85.6 cm³/mol. The van der Waals surface area contributed by atoms with Gasteiger partial charge in [0, 0.05) is 12.6 Å². The second-order valence-corrected chi connectivity index (χ2v) is 7.81. The highest BCUT2D eigenvalue weighted by Crippen LogP contribution is 2.38. The first-order valence-electron chi connectivity index (χ1n) is 9.25. The molecule has 0 aromatic carbocycles. The Morgan fingerprint density at radius 3 is 2.36 bits per heavy atom. The van der Waals surface area contributed by atoms with E-state index in [0.29, 0.717) is 0 Å². The van der Waals surface area contributed by atoms with Crippen molar-refractivity contribution in [2.75, 3.05) is 6.61 Å². The third-order valence-electron chi connectivity index (χ3n) is 5.90. The van der Waals surface area contributed by atoms with Crippen molar-refractivity contribution in [1.82, 2.24) is 5.32 Å². The lowest BCUT2D eigenvalue weighted by Gasteiger charge is -2.44. The normalized spacial score (nSPS) is 30.9. The molecule has 0 radical (unpaired) electrons. The molecular formula is C18H31NO3. The van der Waals surface area contributed by atoms with Crippen LogP contribution >= 0.6 is 0 Å². The topological polar surface area (TPSA) is 58.6 Å². The van der Waals surface area contributed by atoms with Crippen LogP contribution in [0.3, 0.4) is 0 Å². The quantitative estimate of drug-likeness (QED) is 0.842. The number of nitrogens with one attached hydrogen (secondary N) is 1. The summed E-state index contributed by atoms with van der Waals surface area (Å²) in [6.07, 6.45) is 13.1. The fourth-order valence-electron chi connectivity index (χ4n) is 4.66. The maximum Gasteiger partial charge on any atom is 0.223 e. The minimum Gasteiger partial charge on any atom is -0.389 e. The Bertz CT molecular complexity index is 378. The molecule has 3 fully saturated rings.